The van der Waals surface area contributed by atoms with Gasteiger partial charge in [0.15, 0.2) is 0 Å². The van der Waals surface area contributed by atoms with Crippen molar-refractivity contribution in [2.45, 2.75) is 62.5 Å². The monoisotopic (exact) mass is 554 g/mol. The fourth-order valence-electron chi connectivity index (χ4n) is 4.35. The maximum Gasteiger partial charge on any atom is 0.341 e. The van der Waals surface area contributed by atoms with E-state index in [1.54, 1.807) is 32.0 Å². The van der Waals surface area contributed by atoms with Crippen molar-refractivity contribution >= 4 is 51.6 Å². The summed E-state index contributed by atoms with van der Waals surface area (Å²) in [6, 6.07) is 12.5. The van der Waals surface area contributed by atoms with Gasteiger partial charge in [-0.1, -0.05) is 18.9 Å². The SMILES string of the molecule is CCOC(=O)c1c(NC(=O)C(C)Sc2cccc(NC(=O)c3ccc(F)cc3)c2)sc2c1CCCCCC2. The number of aryl methyl sites for hydroxylation is 1. The Morgan fingerprint density at radius 1 is 1.03 bits per heavy atom. The highest BCUT2D eigenvalue weighted by molar-refractivity contribution is 8.00. The van der Waals surface area contributed by atoms with Crippen molar-refractivity contribution in [3.8, 4) is 0 Å². The summed E-state index contributed by atoms with van der Waals surface area (Å²) < 4.78 is 18.5. The molecule has 38 heavy (non-hydrogen) atoms. The van der Waals surface area contributed by atoms with Gasteiger partial charge in [-0.25, -0.2) is 9.18 Å². The van der Waals surface area contributed by atoms with Crippen LogP contribution in [0.25, 0.3) is 0 Å². The van der Waals surface area contributed by atoms with Gasteiger partial charge in [-0.05, 0) is 87.6 Å². The second-order valence-corrected chi connectivity index (χ2v) is 11.6. The first kappa shape index (κ1) is 27.9. The second-order valence-electron chi connectivity index (χ2n) is 9.08. The number of halogens is 1. The van der Waals surface area contributed by atoms with Crippen LogP contribution in [0, 0.1) is 5.82 Å². The number of ether oxygens (including phenoxy) is 1. The molecule has 1 atom stereocenters. The van der Waals surface area contributed by atoms with Crippen LogP contribution in [0.4, 0.5) is 15.1 Å². The Morgan fingerprint density at radius 3 is 2.50 bits per heavy atom. The van der Waals surface area contributed by atoms with Crippen LogP contribution in [0.15, 0.2) is 53.4 Å². The van der Waals surface area contributed by atoms with E-state index in [1.807, 2.05) is 6.07 Å². The first-order valence-electron chi connectivity index (χ1n) is 12.8. The van der Waals surface area contributed by atoms with E-state index in [9.17, 15) is 18.8 Å². The minimum atomic E-state index is -0.460. The van der Waals surface area contributed by atoms with E-state index in [1.165, 1.54) is 53.8 Å². The number of anilines is 2. The van der Waals surface area contributed by atoms with Gasteiger partial charge in [-0.3, -0.25) is 9.59 Å². The second kappa shape index (κ2) is 13.1. The Hall–Kier alpha value is -3.17. The maximum absolute atomic E-state index is 13.2. The molecule has 0 saturated carbocycles. The van der Waals surface area contributed by atoms with Crippen LogP contribution in [-0.4, -0.2) is 29.6 Å². The van der Waals surface area contributed by atoms with E-state index in [0.29, 0.717) is 21.8 Å². The fourth-order valence-corrected chi connectivity index (χ4v) is 6.56. The first-order valence-corrected chi connectivity index (χ1v) is 14.5. The van der Waals surface area contributed by atoms with Gasteiger partial charge in [0, 0.05) is 21.0 Å². The van der Waals surface area contributed by atoms with Gasteiger partial charge in [-0.15, -0.1) is 23.1 Å². The minimum Gasteiger partial charge on any atom is -0.462 e. The van der Waals surface area contributed by atoms with E-state index in [-0.39, 0.29) is 24.4 Å². The van der Waals surface area contributed by atoms with Crippen molar-refractivity contribution in [1.29, 1.82) is 0 Å². The third-order valence-electron chi connectivity index (χ3n) is 6.27. The Kier molecular flexibility index (Phi) is 9.58. The molecule has 1 unspecified atom stereocenters. The molecule has 0 bridgehead atoms. The number of rotatable bonds is 8. The van der Waals surface area contributed by atoms with Crippen molar-refractivity contribution < 1.29 is 23.5 Å². The lowest BCUT2D eigenvalue weighted by Crippen LogP contribution is -2.23. The van der Waals surface area contributed by atoms with Gasteiger partial charge in [0.25, 0.3) is 5.91 Å². The van der Waals surface area contributed by atoms with E-state index in [4.69, 9.17) is 4.74 Å². The largest absolute Gasteiger partial charge is 0.462 e. The third kappa shape index (κ3) is 7.02. The molecule has 6 nitrogen and oxygen atoms in total. The number of amides is 2. The van der Waals surface area contributed by atoms with Crippen molar-refractivity contribution in [2.24, 2.45) is 0 Å². The van der Waals surface area contributed by atoms with Crippen molar-refractivity contribution in [3.63, 3.8) is 0 Å². The average molecular weight is 555 g/mol. The molecule has 4 rings (SSSR count). The van der Waals surface area contributed by atoms with E-state index in [0.717, 1.165) is 47.4 Å². The molecule has 1 aliphatic rings. The van der Waals surface area contributed by atoms with Crippen LogP contribution in [-0.2, 0) is 22.4 Å². The van der Waals surface area contributed by atoms with E-state index < -0.39 is 11.1 Å². The normalized spacial score (nSPS) is 14.0. The molecule has 0 radical (unpaired) electrons. The molecule has 0 spiro atoms. The Bertz CT molecular complexity index is 1310. The van der Waals surface area contributed by atoms with Crippen LogP contribution in [0.2, 0.25) is 0 Å². The lowest BCUT2D eigenvalue weighted by atomic mass is 9.96. The molecular weight excluding hydrogens is 523 g/mol. The molecule has 2 N–H and O–H groups in total. The number of esters is 1. The van der Waals surface area contributed by atoms with Gasteiger partial charge in [0.2, 0.25) is 5.91 Å². The number of thioether (sulfide) groups is 1. The summed E-state index contributed by atoms with van der Waals surface area (Å²) >= 11 is 2.84. The summed E-state index contributed by atoms with van der Waals surface area (Å²) in [6.07, 6.45) is 6.12. The van der Waals surface area contributed by atoms with Gasteiger partial charge in [-0.2, -0.15) is 0 Å². The number of nitrogens with one attached hydrogen (secondary N) is 2. The quantitative estimate of drug-likeness (QED) is 0.229. The minimum absolute atomic E-state index is 0.212. The van der Waals surface area contributed by atoms with Crippen molar-refractivity contribution in [3.05, 3.63) is 75.9 Å². The highest BCUT2D eigenvalue weighted by atomic mass is 32.2. The summed E-state index contributed by atoms with van der Waals surface area (Å²) in [5.74, 6) is -1.35. The summed E-state index contributed by atoms with van der Waals surface area (Å²) in [7, 11) is 0. The van der Waals surface area contributed by atoms with Gasteiger partial charge in [0.1, 0.15) is 10.8 Å². The number of hydrogen-bond acceptors (Lipinski definition) is 6. The molecule has 1 aliphatic carbocycles. The third-order valence-corrected chi connectivity index (χ3v) is 8.57. The number of thiophene rings is 1. The number of benzene rings is 2. The number of hydrogen-bond donors (Lipinski definition) is 2. The summed E-state index contributed by atoms with van der Waals surface area (Å²) in [5, 5.41) is 5.91. The zero-order valence-electron chi connectivity index (χ0n) is 21.5. The van der Waals surface area contributed by atoms with Crippen LogP contribution >= 0.6 is 23.1 Å². The first-order chi connectivity index (χ1) is 18.4. The zero-order valence-corrected chi connectivity index (χ0v) is 23.1. The van der Waals surface area contributed by atoms with E-state index in [2.05, 4.69) is 10.6 Å². The standard InChI is InChI=1S/C29H31FN2O4S2/c1-3-36-29(35)25-23-11-6-4-5-7-12-24(23)38-28(25)32-26(33)18(2)37-22-10-8-9-21(17-22)31-27(34)19-13-15-20(30)16-14-19/h8-10,13-18H,3-7,11-12H2,1-2H3,(H,31,34)(H,32,33). The smallest absolute Gasteiger partial charge is 0.341 e. The highest BCUT2D eigenvalue weighted by Crippen LogP contribution is 2.38. The lowest BCUT2D eigenvalue weighted by Gasteiger charge is -2.14. The Labute approximate surface area is 230 Å². The predicted octanol–water partition coefficient (Wildman–Crippen LogP) is 7.09. The molecule has 1 heterocycles. The number of fused-ring (bicyclic) bond motifs is 1. The maximum atomic E-state index is 13.2. The summed E-state index contributed by atoms with van der Waals surface area (Å²) in [5.41, 5.74) is 2.44. The lowest BCUT2D eigenvalue weighted by molar-refractivity contribution is -0.115. The van der Waals surface area contributed by atoms with Crippen LogP contribution in [0.5, 0.6) is 0 Å². The van der Waals surface area contributed by atoms with E-state index >= 15 is 0 Å². The molecule has 1 aromatic heterocycles. The summed E-state index contributed by atoms with van der Waals surface area (Å²) in [6.45, 7) is 3.86. The molecular formula is C29H31FN2O4S2. The average Bonchev–Trinajstić information content (AvgIpc) is 3.20. The molecule has 0 saturated heterocycles. The van der Waals surface area contributed by atoms with Gasteiger partial charge < -0.3 is 15.4 Å². The summed E-state index contributed by atoms with van der Waals surface area (Å²) in [4.78, 5) is 40.5. The van der Waals surface area contributed by atoms with Crippen LogP contribution in [0.3, 0.4) is 0 Å². The van der Waals surface area contributed by atoms with Crippen molar-refractivity contribution in [2.75, 3.05) is 17.2 Å². The molecule has 9 heteroatoms. The topological polar surface area (TPSA) is 84.5 Å². The number of carbonyl (C=O) groups excluding carboxylic acids is 3. The van der Waals surface area contributed by atoms with Crippen LogP contribution in [0.1, 0.15) is 70.7 Å². The molecule has 200 valence electrons. The Morgan fingerprint density at radius 2 is 1.76 bits per heavy atom. The molecule has 2 aromatic carbocycles. The molecule has 0 aliphatic heterocycles. The highest BCUT2D eigenvalue weighted by Gasteiger charge is 2.27. The number of carbonyl (C=O) groups is 3. The van der Waals surface area contributed by atoms with Gasteiger partial charge >= 0.3 is 5.97 Å². The molecule has 0 fully saturated rings. The van der Waals surface area contributed by atoms with Crippen LogP contribution < -0.4 is 10.6 Å². The molecule has 3 aromatic rings. The predicted molar refractivity (Wildman–Crippen MR) is 151 cm³/mol. The van der Waals surface area contributed by atoms with Gasteiger partial charge in [0.05, 0.1) is 17.4 Å². The Balaban J connectivity index is 1.45. The van der Waals surface area contributed by atoms with Crippen molar-refractivity contribution in [1.82, 2.24) is 0 Å². The zero-order chi connectivity index (χ0) is 27.1. The fraction of sp³-hybridized carbons (Fsp3) is 0.345. The molecule has 2 amide bonds.